The Balaban J connectivity index is 1.49. The summed E-state index contributed by atoms with van der Waals surface area (Å²) in [5, 5.41) is 9.33. The first-order valence-corrected chi connectivity index (χ1v) is 8.37. The molecule has 4 rings (SSSR count). The second kappa shape index (κ2) is 5.78. The first-order chi connectivity index (χ1) is 11.6. The van der Waals surface area contributed by atoms with Crippen LogP contribution in [0.1, 0.15) is 41.9 Å². The van der Waals surface area contributed by atoms with Gasteiger partial charge in [0.1, 0.15) is 17.7 Å². The van der Waals surface area contributed by atoms with E-state index in [-0.39, 0.29) is 0 Å². The molecule has 7 nitrogen and oxygen atoms in total. The molecule has 0 amide bonds. The monoisotopic (exact) mass is 324 g/mol. The topological polar surface area (TPSA) is 82.1 Å². The van der Waals surface area contributed by atoms with E-state index in [1.165, 1.54) is 0 Å². The Morgan fingerprint density at radius 3 is 2.42 bits per heavy atom. The Kier molecular flexibility index (Phi) is 3.60. The maximum Gasteiger partial charge on any atom is 0.234 e. The van der Waals surface area contributed by atoms with Gasteiger partial charge in [0.2, 0.25) is 17.5 Å². The maximum atomic E-state index is 9.33. The van der Waals surface area contributed by atoms with Crippen LogP contribution in [0.25, 0.3) is 0 Å². The van der Waals surface area contributed by atoms with Crippen LogP contribution in [0.15, 0.2) is 10.5 Å². The third kappa shape index (κ3) is 2.80. The average molecular weight is 324 g/mol. The zero-order valence-electron chi connectivity index (χ0n) is 14.0. The van der Waals surface area contributed by atoms with E-state index in [1.807, 2.05) is 19.9 Å². The van der Waals surface area contributed by atoms with Crippen molar-refractivity contribution >= 4 is 11.7 Å². The van der Waals surface area contributed by atoms with Crippen LogP contribution in [0.5, 0.6) is 0 Å². The first kappa shape index (κ1) is 14.9. The van der Waals surface area contributed by atoms with Crippen molar-refractivity contribution < 1.29 is 4.42 Å². The number of piperazine rings is 1. The summed E-state index contributed by atoms with van der Waals surface area (Å²) in [6.07, 6.45) is 2.23. The highest BCUT2D eigenvalue weighted by atomic mass is 16.4. The molecule has 3 heterocycles. The molecule has 7 heteroatoms. The van der Waals surface area contributed by atoms with Crippen molar-refractivity contribution in [3.8, 4) is 6.07 Å². The summed E-state index contributed by atoms with van der Waals surface area (Å²) >= 11 is 0. The predicted molar refractivity (Wildman–Crippen MR) is 89.1 cm³/mol. The molecule has 1 saturated heterocycles. The Morgan fingerprint density at radius 1 is 1.08 bits per heavy atom. The standard InChI is InChI=1S/C17H20N6O/c1-11-9-15(20-12(2)19-11)22-5-7-23(8-6-22)17-14(10-18)21-16(24-17)13-3-4-13/h9,13H,3-8H2,1-2H3. The van der Waals surface area contributed by atoms with Crippen LogP contribution in [-0.4, -0.2) is 41.1 Å². The minimum atomic E-state index is 0.416. The third-order valence-electron chi connectivity index (χ3n) is 4.50. The van der Waals surface area contributed by atoms with E-state index < -0.39 is 0 Å². The van der Waals surface area contributed by atoms with Gasteiger partial charge in [-0.3, -0.25) is 0 Å². The summed E-state index contributed by atoms with van der Waals surface area (Å²) in [5.74, 6) is 3.54. The molecule has 0 unspecified atom stereocenters. The number of aryl methyl sites for hydroxylation is 2. The molecule has 0 radical (unpaired) electrons. The van der Waals surface area contributed by atoms with Crippen LogP contribution in [0.2, 0.25) is 0 Å². The van der Waals surface area contributed by atoms with Crippen molar-refractivity contribution in [1.82, 2.24) is 15.0 Å². The molecular formula is C17H20N6O. The number of aromatic nitrogens is 3. The van der Waals surface area contributed by atoms with Crippen molar-refractivity contribution in [2.45, 2.75) is 32.6 Å². The molecule has 1 aliphatic heterocycles. The molecule has 0 N–H and O–H groups in total. The smallest absolute Gasteiger partial charge is 0.234 e. The van der Waals surface area contributed by atoms with Gasteiger partial charge >= 0.3 is 0 Å². The van der Waals surface area contributed by atoms with E-state index in [2.05, 4.69) is 30.8 Å². The summed E-state index contributed by atoms with van der Waals surface area (Å²) in [5.41, 5.74) is 1.40. The highest BCUT2D eigenvalue weighted by molar-refractivity contribution is 5.51. The second-order valence-corrected chi connectivity index (χ2v) is 6.48. The summed E-state index contributed by atoms with van der Waals surface area (Å²) in [6, 6.07) is 4.19. The number of hydrogen-bond donors (Lipinski definition) is 0. The van der Waals surface area contributed by atoms with Gasteiger partial charge in [0.15, 0.2) is 0 Å². The fourth-order valence-corrected chi connectivity index (χ4v) is 3.12. The molecule has 0 aromatic carbocycles. The van der Waals surface area contributed by atoms with Gasteiger partial charge in [0.05, 0.1) is 0 Å². The van der Waals surface area contributed by atoms with E-state index in [9.17, 15) is 5.26 Å². The number of rotatable bonds is 3. The quantitative estimate of drug-likeness (QED) is 0.855. The lowest BCUT2D eigenvalue weighted by Crippen LogP contribution is -2.47. The number of oxazole rings is 1. The molecule has 1 aliphatic carbocycles. The highest BCUT2D eigenvalue weighted by Crippen LogP contribution is 2.41. The first-order valence-electron chi connectivity index (χ1n) is 8.37. The molecular weight excluding hydrogens is 304 g/mol. The lowest BCUT2D eigenvalue weighted by Gasteiger charge is -2.35. The van der Waals surface area contributed by atoms with Gasteiger partial charge in [0, 0.05) is 43.9 Å². The number of nitrogens with zero attached hydrogens (tertiary/aromatic N) is 6. The Labute approximate surface area is 140 Å². The van der Waals surface area contributed by atoms with E-state index in [0.29, 0.717) is 17.5 Å². The average Bonchev–Trinajstić information content (AvgIpc) is 3.33. The SMILES string of the molecule is Cc1cc(N2CCN(c3oc(C4CC4)nc3C#N)CC2)nc(C)n1. The Hall–Kier alpha value is -2.62. The van der Waals surface area contributed by atoms with Crippen molar-refractivity contribution in [3.63, 3.8) is 0 Å². The summed E-state index contributed by atoms with van der Waals surface area (Å²) < 4.78 is 5.90. The van der Waals surface area contributed by atoms with E-state index >= 15 is 0 Å². The van der Waals surface area contributed by atoms with E-state index in [1.54, 1.807) is 0 Å². The molecule has 0 bridgehead atoms. The Morgan fingerprint density at radius 2 is 1.79 bits per heavy atom. The zero-order chi connectivity index (χ0) is 16.7. The van der Waals surface area contributed by atoms with Crippen LogP contribution >= 0.6 is 0 Å². The van der Waals surface area contributed by atoms with Gasteiger partial charge in [-0.25, -0.2) is 15.0 Å². The molecule has 2 aromatic rings. The van der Waals surface area contributed by atoms with Crippen molar-refractivity contribution in [1.29, 1.82) is 5.26 Å². The molecule has 24 heavy (non-hydrogen) atoms. The molecule has 2 fully saturated rings. The minimum Gasteiger partial charge on any atom is -0.423 e. The number of hydrogen-bond acceptors (Lipinski definition) is 7. The molecule has 2 aromatic heterocycles. The van der Waals surface area contributed by atoms with Crippen molar-refractivity contribution in [3.05, 3.63) is 29.2 Å². The fourth-order valence-electron chi connectivity index (χ4n) is 3.12. The molecule has 0 atom stereocenters. The normalized spacial score (nSPS) is 17.9. The van der Waals surface area contributed by atoms with Gasteiger partial charge in [-0.2, -0.15) is 5.26 Å². The zero-order valence-corrected chi connectivity index (χ0v) is 14.0. The molecule has 124 valence electrons. The van der Waals surface area contributed by atoms with E-state index in [4.69, 9.17) is 4.42 Å². The van der Waals surface area contributed by atoms with Gasteiger partial charge in [0.25, 0.3) is 0 Å². The minimum absolute atomic E-state index is 0.416. The summed E-state index contributed by atoms with van der Waals surface area (Å²) in [6.45, 7) is 7.15. The highest BCUT2D eigenvalue weighted by Gasteiger charge is 2.32. The predicted octanol–water partition coefficient (Wildman–Crippen LogP) is 2.16. The molecule has 2 aliphatic rings. The lowest BCUT2D eigenvalue weighted by atomic mass is 10.3. The van der Waals surface area contributed by atoms with Crippen LogP contribution in [0, 0.1) is 25.2 Å². The van der Waals surface area contributed by atoms with Crippen LogP contribution in [0.3, 0.4) is 0 Å². The summed E-state index contributed by atoms with van der Waals surface area (Å²) in [4.78, 5) is 17.6. The largest absolute Gasteiger partial charge is 0.423 e. The second-order valence-electron chi connectivity index (χ2n) is 6.48. The molecule has 0 spiro atoms. The van der Waals surface area contributed by atoms with E-state index in [0.717, 1.165) is 62.2 Å². The van der Waals surface area contributed by atoms with Gasteiger partial charge < -0.3 is 14.2 Å². The van der Waals surface area contributed by atoms with Gasteiger partial charge in [-0.1, -0.05) is 0 Å². The molecule has 1 saturated carbocycles. The summed E-state index contributed by atoms with van der Waals surface area (Å²) in [7, 11) is 0. The third-order valence-corrected chi connectivity index (χ3v) is 4.50. The van der Waals surface area contributed by atoms with Gasteiger partial charge in [-0.15, -0.1) is 0 Å². The van der Waals surface area contributed by atoms with Crippen LogP contribution in [0.4, 0.5) is 11.7 Å². The van der Waals surface area contributed by atoms with Crippen molar-refractivity contribution in [2.24, 2.45) is 0 Å². The van der Waals surface area contributed by atoms with Gasteiger partial charge in [-0.05, 0) is 26.7 Å². The van der Waals surface area contributed by atoms with Crippen molar-refractivity contribution in [2.75, 3.05) is 36.0 Å². The number of nitriles is 1. The maximum absolute atomic E-state index is 9.33. The fraction of sp³-hybridized carbons (Fsp3) is 0.529. The van der Waals surface area contributed by atoms with Crippen LogP contribution in [-0.2, 0) is 0 Å². The number of anilines is 2. The Bertz CT molecular complexity index is 776. The lowest BCUT2D eigenvalue weighted by molar-refractivity contribution is 0.478. The van der Waals surface area contributed by atoms with Crippen LogP contribution < -0.4 is 9.80 Å².